The summed E-state index contributed by atoms with van der Waals surface area (Å²) >= 11 is 5.98. The van der Waals surface area contributed by atoms with Crippen LogP contribution < -0.4 is 11.3 Å². The van der Waals surface area contributed by atoms with Crippen molar-refractivity contribution in [3.8, 4) is 0 Å². The number of aromatic nitrogens is 3. The molecule has 2 rings (SSSR count). The first-order valence-corrected chi connectivity index (χ1v) is 5.34. The van der Waals surface area contributed by atoms with Crippen molar-refractivity contribution in [2.24, 2.45) is 5.84 Å². The van der Waals surface area contributed by atoms with Crippen molar-refractivity contribution < 1.29 is 4.39 Å². The summed E-state index contributed by atoms with van der Waals surface area (Å²) in [5.74, 6) is 5.67. The van der Waals surface area contributed by atoms with Crippen LogP contribution in [0.3, 0.4) is 0 Å². The molecule has 0 aliphatic carbocycles. The first-order chi connectivity index (χ1) is 8.20. The Morgan fingerprint density at radius 3 is 3.00 bits per heavy atom. The summed E-state index contributed by atoms with van der Waals surface area (Å²) in [6.07, 6.45) is 1.80. The van der Waals surface area contributed by atoms with Crippen LogP contribution in [0.1, 0.15) is 17.4 Å². The molecule has 4 N–H and O–H groups in total. The van der Waals surface area contributed by atoms with Gasteiger partial charge in [0.1, 0.15) is 18.0 Å². The Hall–Kier alpha value is -1.50. The molecule has 1 aromatic heterocycles. The Bertz CT molecular complexity index is 487. The van der Waals surface area contributed by atoms with Crippen LogP contribution in [0.5, 0.6) is 0 Å². The molecule has 1 unspecified atom stereocenters. The fraction of sp³-hybridized carbons (Fsp3) is 0.200. The molecule has 0 aliphatic rings. The molecule has 0 bridgehead atoms. The second-order valence-corrected chi connectivity index (χ2v) is 3.94. The highest BCUT2D eigenvalue weighted by atomic mass is 35.5. The maximum atomic E-state index is 13.1. The van der Waals surface area contributed by atoms with Gasteiger partial charge in [0, 0.05) is 5.02 Å². The quantitative estimate of drug-likeness (QED) is 0.569. The van der Waals surface area contributed by atoms with Crippen LogP contribution in [0.4, 0.5) is 4.39 Å². The van der Waals surface area contributed by atoms with E-state index in [1.54, 1.807) is 0 Å². The van der Waals surface area contributed by atoms with Gasteiger partial charge in [0.2, 0.25) is 0 Å². The number of halogens is 2. The Morgan fingerprint density at radius 1 is 1.53 bits per heavy atom. The molecule has 0 saturated carbocycles. The van der Waals surface area contributed by atoms with Crippen molar-refractivity contribution in [1.82, 2.24) is 20.6 Å². The van der Waals surface area contributed by atoms with E-state index in [-0.39, 0.29) is 11.9 Å². The topological polar surface area (TPSA) is 79.6 Å². The Morgan fingerprint density at radius 2 is 2.35 bits per heavy atom. The summed E-state index contributed by atoms with van der Waals surface area (Å²) in [5, 5.41) is 6.93. The average molecular weight is 256 g/mol. The largest absolute Gasteiger partial charge is 0.271 e. The van der Waals surface area contributed by atoms with E-state index in [0.717, 1.165) is 0 Å². The molecule has 0 radical (unpaired) electrons. The van der Waals surface area contributed by atoms with Crippen molar-refractivity contribution in [3.63, 3.8) is 0 Å². The van der Waals surface area contributed by atoms with Gasteiger partial charge in [-0.05, 0) is 30.2 Å². The van der Waals surface area contributed by atoms with Crippen LogP contribution in [-0.4, -0.2) is 15.2 Å². The van der Waals surface area contributed by atoms with Gasteiger partial charge in [-0.2, -0.15) is 5.10 Å². The minimum absolute atomic E-state index is 0.295. The monoisotopic (exact) mass is 255 g/mol. The summed E-state index contributed by atoms with van der Waals surface area (Å²) < 4.78 is 13.1. The number of nitrogens with two attached hydrogens (primary N) is 1. The molecule has 2 aromatic rings. The van der Waals surface area contributed by atoms with Crippen LogP contribution in [-0.2, 0) is 6.42 Å². The van der Waals surface area contributed by atoms with Gasteiger partial charge in [0.05, 0.1) is 6.04 Å². The van der Waals surface area contributed by atoms with Gasteiger partial charge in [-0.3, -0.25) is 10.9 Å². The molecule has 0 spiro atoms. The van der Waals surface area contributed by atoms with Gasteiger partial charge in [0.25, 0.3) is 0 Å². The number of hydrogen-bond donors (Lipinski definition) is 3. The van der Waals surface area contributed by atoms with Crippen molar-refractivity contribution in [2.45, 2.75) is 12.5 Å². The average Bonchev–Trinajstić information content (AvgIpc) is 2.84. The number of aromatic amines is 1. The third-order valence-corrected chi connectivity index (χ3v) is 2.77. The maximum Gasteiger partial charge on any atom is 0.143 e. The zero-order valence-electron chi connectivity index (χ0n) is 8.82. The molecule has 5 nitrogen and oxygen atoms in total. The van der Waals surface area contributed by atoms with Crippen molar-refractivity contribution in [1.29, 1.82) is 0 Å². The van der Waals surface area contributed by atoms with Crippen LogP contribution in [0.15, 0.2) is 24.5 Å². The molecule has 0 fully saturated rings. The first kappa shape index (κ1) is 12.0. The third-order valence-electron chi connectivity index (χ3n) is 2.40. The van der Waals surface area contributed by atoms with Gasteiger partial charge in [-0.25, -0.2) is 14.8 Å². The van der Waals surface area contributed by atoms with Gasteiger partial charge >= 0.3 is 0 Å². The van der Waals surface area contributed by atoms with Crippen LogP contribution >= 0.6 is 11.6 Å². The minimum atomic E-state index is -0.335. The standard InChI is InChI=1S/C10H11ClFN5/c11-8-2-1-7(12)3-6(8)4-9(16-13)10-14-5-15-17-10/h1-3,5,9,16H,4,13H2,(H,14,15,17). The minimum Gasteiger partial charge on any atom is -0.271 e. The van der Waals surface area contributed by atoms with Crippen LogP contribution in [0, 0.1) is 5.82 Å². The molecule has 0 amide bonds. The van der Waals surface area contributed by atoms with Gasteiger partial charge in [0.15, 0.2) is 0 Å². The Kier molecular flexibility index (Phi) is 3.68. The van der Waals surface area contributed by atoms with Gasteiger partial charge < -0.3 is 0 Å². The lowest BCUT2D eigenvalue weighted by Gasteiger charge is -2.13. The number of H-pyrrole nitrogens is 1. The van der Waals surface area contributed by atoms with Crippen LogP contribution in [0.25, 0.3) is 0 Å². The lowest BCUT2D eigenvalue weighted by atomic mass is 10.1. The third kappa shape index (κ3) is 2.79. The predicted molar refractivity (Wildman–Crippen MR) is 61.6 cm³/mol. The van der Waals surface area contributed by atoms with Gasteiger partial charge in [-0.15, -0.1) is 0 Å². The van der Waals surface area contributed by atoms with E-state index in [1.165, 1.54) is 24.5 Å². The summed E-state index contributed by atoms with van der Waals surface area (Å²) in [6, 6.07) is 3.91. The van der Waals surface area contributed by atoms with Gasteiger partial charge in [-0.1, -0.05) is 11.6 Å². The molecular formula is C10H11ClFN5. The van der Waals surface area contributed by atoms with E-state index in [4.69, 9.17) is 17.4 Å². The lowest BCUT2D eigenvalue weighted by molar-refractivity contribution is 0.522. The number of benzene rings is 1. The molecule has 1 atom stereocenters. The number of nitrogens with one attached hydrogen (secondary N) is 2. The van der Waals surface area contributed by atoms with E-state index in [1.807, 2.05) is 0 Å². The highest BCUT2D eigenvalue weighted by Crippen LogP contribution is 2.22. The number of hydrogen-bond acceptors (Lipinski definition) is 4. The molecule has 90 valence electrons. The molecule has 1 aromatic carbocycles. The van der Waals surface area contributed by atoms with E-state index in [2.05, 4.69) is 20.6 Å². The highest BCUT2D eigenvalue weighted by molar-refractivity contribution is 6.31. The van der Waals surface area contributed by atoms with Crippen molar-refractivity contribution in [2.75, 3.05) is 0 Å². The molecule has 17 heavy (non-hydrogen) atoms. The lowest BCUT2D eigenvalue weighted by Crippen LogP contribution is -2.30. The summed E-state index contributed by atoms with van der Waals surface area (Å²) in [7, 11) is 0. The molecular weight excluding hydrogens is 245 g/mol. The molecule has 0 aliphatic heterocycles. The van der Waals surface area contributed by atoms with E-state index >= 15 is 0 Å². The zero-order valence-corrected chi connectivity index (χ0v) is 9.58. The summed E-state index contributed by atoms with van der Waals surface area (Å²) in [6.45, 7) is 0. The van der Waals surface area contributed by atoms with E-state index < -0.39 is 0 Å². The fourth-order valence-corrected chi connectivity index (χ4v) is 1.73. The Balaban J connectivity index is 2.21. The fourth-order valence-electron chi connectivity index (χ4n) is 1.54. The highest BCUT2D eigenvalue weighted by Gasteiger charge is 2.15. The summed E-state index contributed by atoms with van der Waals surface area (Å²) in [5.41, 5.74) is 3.24. The smallest absolute Gasteiger partial charge is 0.143 e. The number of nitrogens with zero attached hydrogens (tertiary/aromatic N) is 2. The molecule has 0 saturated heterocycles. The maximum absolute atomic E-state index is 13.1. The molecule has 7 heteroatoms. The number of hydrazine groups is 1. The first-order valence-electron chi connectivity index (χ1n) is 4.96. The second kappa shape index (κ2) is 5.22. The zero-order chi connectivity index (χ0) is 12.3. The van der Waals surface area contributed by atoms with E-state index in [9.17, 15) is 4.39 Å². The Labute approximate surface area is 102 Å². The van der Waals surface area contributed by atoms with E-state index in [0.29, 0.717) is 22.8 Å². The number of rotatable bonds is 4. The molecule has 1 heterocycles. The second-order valence-electron chi connectivity index (χ2n) is 3.53. The normalized spacial score (nSPS) is 12.6. The van der Waals surface area contributed by atoms with Crippen molar-refractivity contribution >= 4 is 11.6 Å². The predicted octanol–water partition coefficient (Wildman–Crippen LogP) is 1.34. The SMILES string of the molecule is NNC(Cc1cc(F)ccc1Cl)c1ncn[nH]1. The van der Waals surface area contributed by atoms with Crippen molar-refractivity contribution in [3.05, 3.63) is 46.8 Å². The summed E-state index contributed by atoms with van der Waals surface area (Å²) in [4.78, 5) is 3.99. The van der Waals surface area contributed by atoms with Crippen LogP contribution in [0.2, 0.25) is 5.02 Å².